The Balaban J connectivity index is 1.86. The molecule has 0 radical (unpaired) electrons. The molecule has 2 N–H and O–H groups in total. The van der Waals surface area contributed by atoms with Crippen molar-refractivity contribution in [2.45, 2.75) is 18.6 Å². The van der Waals surface area contributed by atoms with Crippen LogP contribution in [0.25, 0.3) is 0 Å². The fourth-order valence-corrected chi connectivity index (χ4v) is 4.71. The SMILES string of the molecule is CCN1C(=O)CC(C(=O)Nc2cccc(Br)c2)SC1=Nc1cc(Cl)c(O)c(Cl)c1. The Morgan fingerprint density at radius 2 is 2.03 bits per heavy atom. The number of nitrogens with one attached hydrogen (secondary N) is 1. The molecule has 0 aromatic heterocycles. The van der Waals surface area contributed by atoms with Crippen LogP contribution >= 0.6 is 50.9 Å². The zero-order valence-electron chi connectivity index (χ0n) is 15.2. The number of amides is 2. The third-order valence-electron chi connectivity index (χ3n) is 4.07. The second-order valence-corrected chi connectivity index (χ2v) is 9.00. The number of phenols is 1. The Kier molecular flexibility index (Phi) is 7.10. The summed E-state index contributed by atoms with van der Waals surface area (Å²) in [6.45, 7) is 2.23. The molecule has 6 nitrogen and oxygen atoms in total. The number of rotatable bonds is 4. The van der Waals surface area contributed by atoms with E-state index in [1.807, 2.05) is 19.1 Å². The number of hydrogen-bond acceptors (Lipinski definition) is 5. The molecule has 10 heteroatoms. The molecule has 1 heterocycles. The second kappa shape index (κ2) is 9.38. The highest BCUT2D eigenvalue weighted by Gasteiger charge is 2.35. The Hall–Kier alpha value is -1.74. The van der Waals surface area contributed by atoms with Crippen molar-refractivity contribution in [3.63, 3.8) is 0 Å². The molecule has 2 aromatic rings. The fourth-order valence-electron chi connectivity index (χ4n) is 2.67. The lowest BCUT2D eigenvalue weighted by molar-refractivity contribution is -0.129. The van der Waals surface area contributed by atoms with Crippen molar-refractivity contribution >= 4 is 79.3 Å². The predicted molar refractivity (Wildman–Crippen MR) is 121 cm³/mol. The molecule has 0 spiro atoms. The van der Waals surface area contributed by atoms with E-state index in [0.717, 1.165) is 4.47 Å². The number of aromatic hydroxyl groups is 1. The van der Waals surface area contributed by atoms with Crippen molar-refractivity contribution in [3.8, 4) is 5.75 Å². The Labute approximate surface area is 190 Å². The minimum absolute atomic E-state index is 0.0518. The number of amidine groups is 1. The molecule has 1 unspecified atom stereocenters. The van der Waals surface area contributed by atoms with Gasteiger partial charge in [0.05, 0.1) is 15.7 Å². The van der Waals surface area contributed by atoms with Crippen molar-refractivity contribution in [2.75, 3.05) is 11.9 Å². The zero-order valence-corrected chi connectivity index (χ0v) is 19.1. The van der Waals surface area contributed by atoms with Crippen molar-refractivity contribution in [1.82, 2.24) is 4.90 Å². The molecule has 1 aliphatic rings. The third kappa shape index (κ3) is 5.25. The van der Waals surface area contributed by atoms with Gasteiger partial charge in [0, 0.05) is 23.1 Å². The van der Waals surface area contributed by atoms with Gasteiger partial charge in [0.2, 0.25) is 11.8 Å². The molecule has 152 valence electrons. The van der Waals surface area contributed by atoms with Crippen molar-refractivity contribution < 1.29 is 14.7 Å². The molecule has 0 bridgehead atoms. The standard InChI is InChI=1S/C19H16BrCl2N3O3S/c1-2-25-16(26)9-15(18(28)23-11-5-3-4-10(20)6-11)29-19(25)24-12-7-13(21)17(27)14(22)8-12/h3-8,15,27H,2,9H2,1H3,(H,23,28). The van der Waals surface area contributed by atoms with Crippen molar-refractivity contribution in [3.05, 3.63) is 50.9 Å². The van der Waals surface area contributed by atoms with Crippen molar-refractivity contribution in [2.24, 2.45) is 4.99 Å². The summed E-state index contributed by atoms with van der Waals surface area (Å²) < 4.78 is 0.836. The van der Waals surface area contributed by atoms with E-state index in [4.69, 9.17) is 23.2 Å². The maximum absolute atomic E-state index is 12.7. The van der Waals surface area contributed by atoms with Gasteiger partial charge in [0.25, 0.3) is 0 Å². The molecule has 2 aromatic carbocycles. The monoisotopic (exact) mass is 515 g/mol. The quantitative estimate of drug-likeness (QED) is 0.566. The summed E-state index contributed by atoms with van der Waals surface area (Å²) >= 11 is 16.5. The van der Waals surface area contributed by atoms with Crippen LogP contribution in [-0.4, -0.2) is 38.8 Å². The summed E-state index contributed by atoms with van der Waals surface area (Å²) in [6.07, 6.45) is 0.0639. The largest absolute Gasteiger partial charge is 0.505 e. The summed E-state index contributed by atoms with van der Waals surface area (Å²) in [5.74, 6) is -0.717. The molecule has 1 aliphatic heterocycles. The first-order valence-corrected chi connectivity index (χ1v) is 11.0. The molecule has 29 heavy (non-hydrogen) atoms. The fraction of sp³-hybridized carbons (Fsp3) is 0.211. The second-order valence-electron chi connectivity index (χ2n) is 6.10. The number of thioether (sulfide) groups is 1. The lowest BCUT2D eigenvalue weighted by Gasteiger charge is -2.31. The van der Waals surface area contributed by atoms with Crippen LogP contribution in [-0.2, 0) is 9.59 Å². The van der Waals surface area contributed by atoms with Gasteiger partial charge >= 0.3 is 0 Å². The molecule has 0 aliphatic carbocycles. The summed E-state index contributed by atoms with van der Waals surface area (Å²) in [7, 11) is 0. The molecule has 1 atom stereocenters. The molecule has 3 rings (SSSR count). The van der Waals surface area contributed by atoms with Crippen LogP contribution in [0, 0.1) is 0 Å². The number of benzene rings is 2. The number of aliphatic imine (C=N–C) groups is 1. The highest BCUT2D eigenvalue weighted by molar-refractivity contribution is 9.10. The smallest absolute Gasteiger partial charge is 0.238 e. The Morgan fingerprint density at radius 1 is 1.34 bits per heavy atom. The normalized spacial score (nSPS) is 18.2. The summed E-state index contributed by atoms with van der Waals surface area (Å²) in [4.78, 5) is 31.3. The van der Waals surface area contributed by atoms with E-state index in [0.29, 0.717) is 23.1 Å². The van der Waals surface area contributed by atoms with Gasteiger partial charge < -0.3 is 10.4 Å². The maximum Gasteiger partial charge on any atom is 0.238 e. The first-order valence-electron chi connectivity index (χ1n) is 8.58. The van der Waals surface area contributed by atoms with Gasteiger partial charge in [-0.15, -0.1) is 0 Å². The van der Waals surface area contributed by atoms with E-state index in [9.17, 15) is 14.7 Å². The summed E-state index contributed by atoms with van der Waals surface area (Å²) in [6, 6.07) is 10.1. The lowest BCUT2D eigenvalue weighted by atomic mass is 10.2. The Morgan fingerprint density at radius 3 is 2.66 bits per heavy atom. The number of carbonyl (C=O) groups excluding carboxylic acids is 2. The van der Waals surface area contributed by atoms with E-state index in [-0.39, 0.29) is 34.0 Å². The minimum Gasteiger partial charge on any atom is -0.505 e. The van der Waals surface area contributed by atoms with Crippen LogP contribution in [0.4, 0.5) is 11.4 Å². The number of halogens is 3. The van der Waals surface area contributed by atoms with Crippen LogP contribution in [0.2, 0.25) is 10.0 Å². The number of nitrogens with zero attached hydrogens (tertiary/aromatic N) is 2. The lowest BCUT2D eigenvalue weighted by Crippen LogP contribution is -2.45. The average molecular weight is 517 g/mol. The first kappa shape index (κ1) is 22.0. The zero-order chi connectivity index (χ0) is 21.1. The Bertz CT molecular complexity index is 979. The van der Waals surface area contributed by atoms with Gasteiger partial charge in [-0.25, -0.2) is 4.99 Å². The number of anilines is 1. The van der Waals surface area contributed by atoms with E-state index in [2.05, 4.69) is 26.2 Å². The predicted octanol–water partition coefficient (Wildman–Crippen LogP) is 5.44. The average Bonchev–Trinajstić information content (AvgIpc) is 2.66. The highest BCUT2D eigenvalue weighted by atomic mass is 79.9. The van der Waals surface area contributed by atoms with Gasteiger partial charge in [-0.05, 0) is 37.3 Å². The highest BCUT2D eigenvalue weighted by Crippen LogP contribution is 2.37. The minimum atomic E-state index is -0.633. The van der Waals surface area contributed by atoms with E-state index in [1.165, 1.54) is 28.8 Å². The van der Waals surface area contributed by atoms with E-state index < -0.39 is 5.25 Å². The number of hydrogen-bond donors (Lipinski definition) is 2. The molecule has 2 amide bonds. The molecular formula is C19H16BrCl2N3O3S. The van der Waals surface area contributed by atoms with E-state index in [1.54, 1.807) is 12.1 Å². The maximum atomic E-state index is 12.7. The molecule has 0 saturated carbocycles. The van der Waals surface area contributed by atoms with Gasteiger partial charge in [-0.1, -0.05) is 57.0 Å². The third-order valence-corrected chi connectivity index (χ3v) is 6.32. The molecule has 1 saturated heterocycles. The van der Waals surface area contributed by atoms with Crippen LogP contribution in [0.15, 0.2) is 45.9 Å². The van der Waals surface area contributed by atoms with Gasteiger partial charge in [0.15, 0.2) is 10.9 Å². The summed E-state index contributed by atoms with van der Waals surface area (Å²) in [5, 5.41) is 12.4. The number of carbonyl (C=O) groups is 2. The first-order chi connectivity index (χ1) is 13.8. The van der Waals surface area contributed by atoms with Crippen LogP contribution < -0.4 is 5.32 Å². The van der Waals surface area contributed by atoms with Crippen LogP contribution in [0.5, 0.6) is 5.75 Å². The van der Waals surface area contributed by atoms with Crippen molar-refractivity contribution in [1.29, 1.82) is 0 Å². The van der Waals surface area contributed by atoms with Gasteiger partial charge in [-0.3, -0.25) is 14.5 Å². The van der Waals surface area contributed by atoms with Gasteiger partial charge in [-0.2, -0.15) is 0 Å². The van der Waals surface area contributed by atoms with Crippen LogP contribution in [0.1, 0.15) is 13.3 Å². The molecule has 1 fully saturated rings. The van der Waals surface area contributed by atoms with Gasteiger partial charge in [0.1, 0.15) is 5.25 Å². The van der Waals surface area contributed by atoms with Crippen LogP contribution in [0.3, 0.4) is 0 Å². The van der Waals surface area contributed by atoms with E-state index >= 15 is 0 Å². The topological polar surface area (TPSA) is 82.0 Å². The summed E-state index contributed by atoms with van der Waals surface area (Å²) in [5.41, 5.74) is 1.01. The molecular weight excluding hydrogens is 501 g/mol. The number of phenolic OH excluding ortho intramolecular Hbond substituents is 1.